The maximum atomic E-state index is 13.3. The van der Waals surface area contributed by atoms with Crippen LogP contribution in [0.5, 0.6) is 0 Å². The van der Waals surface area contributed by atoms with Crippen LogP contribution >= 0.6 is 11.6 Å². The number of aromatic carboxylic acids is 1. The minimum Gasteiger partial charge on any atom is -0.476 e. The number of fused-ring (bicyclic) bond motifs is 1. The van der Waals surface area contributed by atoms with Gasteiger partial charge in [0.05, 0.1) is 5.02 Å². The van der Waals surface area contributed by atoms with Gasteiger partial charge in [-0.05, 0) is 18.2 Å². The Bertz CT molecular complexity index is 556. The van der Waals surface area contributed by atoms with E-state index in [1.165, 1.54) is 24.4 Å². The Morgan fingerprint density at radius 3 is 2.80 bits per heavy atom. The number of aromatic nitrogens is 1. The van der Waals surface area contributed by atoms with Gasteiger partial charge in [-0.15, -0.1) is 0 Å². The van der Waals surface area contributed by atoms with Crippen molar-refractivity contribution in [3.05, 3.63) is 40.9 Å². The van der Waals surface area contributed by atoms with Gasteiger partial charge in [0.1, 0.15) is 5.82 Å². The molecule has 0 spiro atoms. The summed E-state index contributed by atoms with van der Waals surface area (Å²) in [6, 6.07) is 3.90. The molecule has 76 valence electrons. The molecule has 5 heteroatoms. The van der Waals surface area contributed by atoms with Crippen molar-refractivity contribution in [2.24, 2.45) is 0 Å². The zero-order valence-electron chi connectivity index (χ0n) is 7.37. The van der Waals surface area contributed by atoms with Crippen molar-refractivity contribution in [3.8, 4) is 0 Å². The number of pyridine rings is 1. The first-order valence-electron chi connectivity index (χ1n) is 4.07. The van der Waals surface area contributed by atoms with Crippen molar-refractivity contribution in [1.82, 2.24) is 4.98 Å². The normalized spacial score (nSPS) is 10.5. The fourth-order valence-corrected chi connectivity index (χ4v) is 1.64. The molecular weight excluding hydrogens is 221 g/mol. The summed E-state index contributed by atoms with van der Waals surface area (Å²) < 4.78 is 13.3. The van der Waals surface area contributed by atoms with Crippen molar-refractivity contribution >= 4 is 28.3 Å². The van der Waals surface area contributed by atoms with E-state index in [0.29, 0.717) is 0 Å². The van der Waals surface area contributed by atoms with E-state index >= 15 is 0 Å². The van der Waals surface area contributed by atoms with Crippen molar-refractivity contribution in [2.75, 3.05) is 0 Å². The molecule has 0 aliphatic heterocycles. The molecule has 2 aromatic rings. The maximum absolute atomic E-state index is 13.3. The Morgan fingerprint density at radius 1 is 1.40 bits per heavy atom. The summed E-state index contributed by atoms with van der Waals surface area (Å²) in [6.07, 6.45) is 1.24. The van der Waals surface area contributed by atoms with Crippen LogP contribution in [0.25, 0.3) is 10.8 Å². The van der Waals surface area contributed by atoms with Crippen LogP contribution < -0.4 is 0 Å². The third kappa shape index (κ3) is 1.53. The summed E-state index contributed by atoms with van der Waals surface area (Å²) >= 11 is 5.81. The van der Waals surface area contributed by atoms with Gasteiger partial charge in [-0.1, -0.05) is 11.6 Å². The molecule has 1 aromatic heterocycles. The second kappa shape index (κ2) is 3.47. The van der Waals surface area contributed by atoms with Crippen LogP contribution in [-0.2, 0) is 0 Å². The highest BCUT2D eigenvalue weighted by Crippen LogP contribution is 2.27. The topological polar surface area (TPSA) is 50.2 Å². The van der Waals surface area contributed by atoms with Gasteiger partial charge in [0, 0.05) is 17.0 Å². The fraction of sp³-hybridized carbons (Fsp3) is 0. The molecule has 2 rings (SSSR count). The highest BCUT2D eigenvalue weighted by Gasteiger charge is 2.14. The Morgan fingerprint density at radius 2 is 2.13 bits per heavy atom. The van der Waals surface area contributed by atoms with Crippen molar-refractivity contribution in [3.63, 3.8) is 0 Å². The molecule has 0 aliphatic carbocycles. The van der Waals surface area contributed by atoms with Gasteiger partial charge >= 0.3 is 5.97 Å². The first-order valence-corrected chi connectivity index (χ1v) is 4.45. The number of benzene rings is 1. The minimum atomic E-state index is -1.23. The van der Waals surface area contributed by atoms with Gasteiger partial charge in [0.25, 0.3) is 0 Å². The molecule has 0 atom stereocenters. The van der Waals surface area contributed by atoms with E-state index in [0.717, 1.165) is 0 Å². The zero-order chi connectivity index (χ0) is 11.0. The first kappa shape index (κ1) is 9.86. The van der Waals surface area contributed by atoms with Gasteiger partial charge in [-0.25, -0.2) is 14.2 Å². The SMILES string of the molecule is O=C(O)c1nccc2c(F)ccc(Cl)c12. The smallest absolute Gasteiger partial charge is 0.355 e. The second-order valence-corrected chi connectivity index (χ2v) is 3.32. The highest BCUT2D eigenvalue weighted by molar-refractivity contribution is 6.36. The van der Waals surface area contributed by atoms with Gasteiger partial charge in [-0.2, -0.15) is 0 Å². The predicted octanol–water partition coefficient (Wildman–Crippen LogP) is 2.73. The fourth-order valence-electron chi connectivity index (χ4n) is 1.38. The molecule has 0 aliphatic rings. The summed E-state index contributed by atoms with van der Waals surface area (Å²) in [5, 5.41) is 9.33. The van der Waals surface area contributed by atoms with E-state index in [1.54, 1.807) is 0 Å². The Labute approximate surface area is 89.1 Å². The lowest BCUT2D eigenvalue weighted by Crippen LogP contribution is -2.01. The Hall–Kier alpha value is -1.68. The highest BCUT2D eigenvalue weighted by atomic mass is 35.5. The number of hydrogen-bond donors (Lipinski definition) is 1. The number of hydrogen-bond acceptors (Lipinski definition) is 2. The summed E-state index contributed by atoms with van der Waals surface area (Å²) in [4.78, 5) is 14.5. The van der Waals surface area contributed by atoms with Crippen LogP contribution in [0.2, 0.25) is 5.02 Å². The third-order valence-corrected chi connectivity index (χ3v) is 2.34. The van der Waals surface area contributed by atoms with E-state index in [1.807, 2.05) is 0 Å². The molecule has 0 radical (unpaired) electrons. The molecular formula is C10H5ClFNO2. The molecule has 3 nitrogen and oxygen atoms in total. The number of rotatable bonds is 1. The number of halogens is 2. The molecule has 1 heterocycles. The van der Waals surface area contributed by atoms with Crippen LogP contribution in [0, 0.1) is 5.82 Å². The monoisotopic (exact) mass is 225 g/mol. The van der Waals surface area contributed by atoms with E-state index in [-0.39, 0.29) is 21.5 Å². The lowest BCUT2D eigenvalue weighted by Gasteiger charge is -2.04. The largest absolute Gasteiger partial charge is 0.476 e. The number of carbonyl (C=O) groups is 1. The molecule has 1 N–H and O–H groups in total. The summed E-state index contributed by atoms with van der Waals surface area (Å²) in [7, 11) is 0. The van der Waals surface area contributed by atoms with Crippen LogP contribution in [0.1, 0.15) is 10.5 Å². The van der Waals surface area contributed by atoms with Crippen LogP contribution in [0.3, 0.4) is 0 Å². The van der Waals surface area contributed by atoms with Crippen LogP contribution in [-0.4, -0.2) is 16.1 Å². The van der Waals surface area contributed by atoms with Crippen LogP contribution in [0.4, 0.5) is 4.39 Å². The molecule has 0 fully saturated rings. The average Bonchev–Trinajstić information content (AvgIpc) is 2.23. The zero-order valence-corrected chi connectivity index (χ0v) is 8.12. The number of carboxylic acids is 1. The molecule has 0 saturated carbocycles. The first-order chi connectivity index (χ1) is 7.11. The molecule has 0 bridgehead atoms. The summed E-state index contributed by atoms with van der Waals surface area (Å²) in [5.74, 6) is -1.74. The Balaban J connectivity index is 2.96. The van der Waals surface area contributed by atoms with E-state index in [2.05, 4.69) is 4.98 Å². The lowest BCUT2D eigenvalue weighted by atomic mass is 10.1. The summed E-state index contributed by atoms with van der Waals surface area (Å²) in [5.41, 5.74) is -0.239. The van der Waals surface area contributed by atoms with Crippen molar-refractivity contribution in [2.45, 2.75) is 0 Å². The average molecular weight is 226 g/mol. The van der Waals surface area contributed by atoms with E-state index in [9.17, 15) is 9.18 Å². The van der Waals surface area contributed by atoms with Crippen LogP contribution in [0.15, 0.2) is 24.4 Å². The minimum absolute atomic E-state index is 0.131. The molecule has 0 amide bonds. The number of carboxylic acid groups (broad SMARTS) is 1. The van der Waals surface area contributed by atoms with E-state index in [4.69, 9.17) is 16.7 Å². The predicted molar refractivity (Wildman–Crippen MR) is 53.7 cm³/mol. The standard InChI is InChI=1S/C10H5ClFNO2/c11-6-1-2-7(12)5-3-4-13-9(8(5)6)10(14)15/h1-4H,(H,14,15). The van der Waals surface area contributed by atoms with Gasteiger partial charge in [0.2, 0.25) is 0 Å². The third-order valence-electron chi connectivity index (χ3n) is 2.03. The molecule has 1 aromatic carbocycles. The van der Waals surface area contributed by atoms with E-state index < -0.39 is 11.8 Å². The van der Waals surface area contributed by atoms with Crippen molar-refractivity contribution < 1.29 is 14.3 Å². The molecule has 0 saturated heterocycles. The number of nitrogens with zero attached hydrogens (tertiary/aromatic N) is 1. The maximum Gasteiger partial charge on any atom is 0.355 e. The summed E-state index contributed by atoms with van der Waals surface area (Å²) in [6.45, 7) is 0. The van der Waals surface area contributed by atoms with Gasteiger partial charge in [-0.3, -0.25) is 0 Å². The quantitative estimate of drug-likeness (QED) is 0.812. The van der Waals surface area contributed by atoms with Crippen molar-refractivity contribution in [1.29, 1.82) is 0 Å². The molecule has 0 unspecified atom stereocenters. The second-order valence-electron chi connectivity index (χ2n) is 2.92. The van der Waals surface area contributed by atoms with Gasteiger partial charge < -0.3 is 5.11 Å². The lowest BCUT2D eigenvalue weighted by molar-refractivity contribution is 0.0693. The molecule has 15 heavy (non-hydrogen) atoms. The van der Waals surface area contributed by atoms with Gasteiger partial charge in [0.15, 0.2) is 5.69 Å². The Kier molecular flexibility index (Phi) is 2.28.